The Balaban J connectivity index is 4.15. The summed E-state index contributed by atoms with van der Waals surface area (Å²) in [6.07, 6.45) is 0.940. The molecule has 0 spiro atoms. The van der Waals surface area contributed by atoms with Gasteiger partial charge in [0.15, 0.2) is 0 Å². The van der Waals surface area contributed by atoms with Crippen molar-refractivity contribution in [3.63, 3.8) is 0 Å². The van der Waals surface area contributed by atoms with Gasteiger partial charge in [-0.25, -0.2) is 0 Å². The SMILES string of the molecule is CC(C)COCC(CC(C)C)C(=O)C(C)C. The van der Waals surface area contributed by atoms with E-state index in [0.717, 1.165) is 13.0 Å². The topological polar surface area (TPSA) is 26.3 Å². The highest BCUT2D eigenvalue weighted by Crippen LogP contribution is 2.17. The zero-order chi connectivity index (χ0) is 12.7. The largest absolute Gasteiger partial charge is 0.380 e. The van der Waals surface area contributed by atoms with Crippen molar-refractivity contribution >= 4 is 5.78 Å². The Morgan fingerprint density at radius 2 is 1.50 bits per heavy atom. The quantitative estimate of drug-likeness (QED) is 0.635. The number of ketones is 1. The number of hydrogen-bond donors (Lipinski definition) is 0. The summed E-state index contributed by atoms with van der Waals surface area (Å²) in [5, 5.41) is 0. The van der Waals surface area contributed by atoms with Crippen molar-refractivity contribution in [2.75, 3.05) is 13.2 Å². The molecule has 0 heterocycles. The molecule has 0 N–H and O–H groups in total. The molecule has 0 aliphatic carbocycles. The molecule has 1 atom stereocenters. The van der Waals surface area contributed by atoms with Gasteiger partial charge in [0.1, 0.15) is 5.78 Å². The normalized spacial score (nSPS) is 13.8. The first kappa shape index (κ1) is 15.6. The third-order valence-corrected chi connectivity index (χ3v) is 2.50. The van der Waals surface area contributed by atoms with Gasteiger partial charge in [0.25, 0.3) is 0 Å². The molecule has 2 nitrogen and oxygen atoms in total. The minimum Gasteiger partial charge on any atom is -0.380 e. The molecule has 0 fully saturated rings. The third kappa shape index (κ3) is 7.00. The van der Waals surface area contributed by atoms with E-state index in [1.165, 1.54) is 0 Å². The summed E-state index contributed by atoms with van der Waals surface area (Å²) < 4.78 is 5.61. The number of hydrogen-bond acceptors (Lipinski definition) is 2. The number of carbonyl (C=O) groups excluding carboxylic acids is 1. The summed E-state index contributed by atoms with van der Waals surface area (Å²) >= 11 is 0. The van der Waals surface area contributed by atoms with Gasteiger partial charge in [0.2, 0.25) is 0 Å². The van der Waals surface area contributed by atoms with E-state index < -0.39 is 0 Å². The van der Waals surface area contributed by atoms with E-state index in [0.29, 0.717) is 24.2 Å². The Morgan fingerprint density at radius 3 is 1.88 bits per heavy atom. The van der Waals surface area contributed by atoms with E-state index in [2.05, 4.69) is 27.7 Å². The fourth-order valence-corrected chi connectivity index (χ4v) is 1.75. The van der Waals surface area contributed by atoms with Crippen molar-refractivity contribution in [1.82, 2.24) is 0 Å². The van der Waals surface area contributed by atoms with E-state index in [-0.39, 0.29) is 11.8 Å². The van der Waals surface area contributed by atoms with Crippen molar-refractivity contribution < 1.29 is 9.53 Å². The highest BCUT2D eigenvalue weighted by Gasteiger charge is 2.22. The smallest absolute Gasteiger partial charge is 0.140 e. The van der Waals surface area contributed by atoms with Crippen LogP contribution in [0.5, 0.6) is 0 Å². The molecule has 0 aliphatic heterocycles. The summed E-state index contributed by atoms with van der Waals surface area (Å²) in [5.41, 5.74) is 0. The maximum atomic E-state index is 12.0. The molecule has 0 aromatic carbocycles. The van der Waals surface area contributed by atoms with Crippen molar-refractivity contribution in [2.24, 2.45) is 23.7 Å². The van der Waals surface area contributed by atoms with E-state index in [1.54, 1.807) is 0 Å². The van der Waals surface area contributed by atoms with Crippen LogP contribution in [0.1, 0.15) is 48.0 Å². The van der Waals surface area contributed by atoms with Gasteiger partial charge in [-0.1, -0.05) is 41.5 Å². The van der Waals surface area contributed by atoms with Crippen molar-refractivity contribution in [3.05, 3.63) is 0 Å². The van der Waals surface area contributed by atoms with Crippen molar-refractivity contribution in [3.8, 4) is 0 Å². The van der Waals surface area contributed by atoms with Crippen molar-refractivity contribution in [2.45, 2.75) is 48.0 Å². The second kappa shape index (κ2) is 7.83. The lowest BCUT2D eigenvalue weighted by Gasteiger charge is -2.20. The molecule has 96 valence electrons. The molecule has 0 radical (unpaired) electrons. The maximum Gasteiger partial charge on any atom is 0.140 e. The number of Topliss-reactive ketones (excluding diaryl/α,β-unsaturated/α-hetero) is 1. The highest BCUT2D eigenvalue weighted by molar-refractivity contribution is 5.82. The van der Waals surface area contributed by atoms with Gasteiger partial charge in [-0.3, -0.25) is 4.79 Å². The van der Waals surface area contributed by atoms with Crippen LogP contribution in [-0.2, 0) is 9.53 Å². The fraction of sp³-hybridized carbons (Fsp3) is 0.929. The molecule has 0 rings (SSSR count). The standard InChI is InChI=1S/C14H28O2/c1-10(2)7-13(14(15)12(5)6)9-16-8-11(3)4/h10-13H,7-9H2,1-6H3. The minimum absolute atomic E-state index is 0.0822. The van der Waals surface area contributed by atoms with Crippen LogP contribution in [0.15, 0.2) is 0 Å². The molecule has 1 unspecified atom stereocenters. The summed E-state index contributed by atoms with van der Waals surface area (Å²) in [5.74, 6) is 1.63. The predicted molar refractivity (Wildman–Crippen MR) is 68.4 cm³/mol. The lowest BCUT2D eigenvalue weighted by molar-refractivity contribution is -0.128. The molecule has 0 aromatic rings. The summed E-state index contributed by atoms with van der Waals surface area (Å²) in [6.45, 7) is 13.8. The molecule has 0 saturated heterocycles. The Hall–Kier alpha value is -0.370. The zero-order valence-corrected chi connectivity index (χ0v) is 11.7. The Bertz CT molecular complexity index is 195. The average Bonchev–Trinajstić information content (AvgIpc) is 2.13. The molecule has 0 aromatic heterocycles. The van der Waals surface area contributed by atoms with Gasteiger partial charge in [-0.15, -0.1) is 0 Å². The summed E-state index contributed by atoms with van der Waals surface area (Å²) in [6, 6.07) is 0. The monoisotopic (exact) mass is 228 g/mol. The van der Waals surface area contributed by atoms with Crippen LogP contribution >= 0.6 is 0 Å². The van der Waals surface area contributed by atoms with Crippen LogP contribution in [0.25, 0.3) is 0 Å². The van der Waals surface area contributed by atoms with E-state index >= 15 is 0 Å². The molecular weight excluding hydrogens is 200 g/mol. The van der Waals surface area contributed by atoms with Crippen molar-refractivity contribution in [1.29, 1.82) is 0 Å². The van der Waals surface area contributed by atoms with E-state index in [1.807, 2.05) is 13.8 Å². The Labute approximate surface area is 101 Å². The van der Waals surface area contributed by atoms with Gasteiger partial charge in [-0.2, -0.15) is 0 Å². The molecule has 0 bridgehead atoms. The lowest BCUT2D eigenvalue weighted by Crippen LogP contribution is -2.26. The molecule has 2 heteroatoms. The first-order valence-electron chi connectivity index (χ1n) is 6.46. The van der Waals surface area contributed by atoms with Crippen LogP contribution in [-0.4, -0.2) is 19.0 Å². The predicted octanol–water partition coefficient (Wildman–Crippen LogP) is 3.55. The average molecular weight is 228 g/mol. The molecule has 0 aliphatic rings. The molecule has 16 heavy (non-hydrogen) atoms. The van der Waals surface area contributed by atoms with Crippen LogP contribution in [0.2, 0.25) is 0 Å². The van der Waals surface area contributed by atoms with Gasteiger partial charge in [0, 0.05) is 18.4 Å². The second-order valence-electron chi connectivity index (χ2n) is 5.81. The summed E-state index contributed by atoms with van der Waals surface area (Å²) in [7, 11) is 0. The van der Waals surface area contributed by atoms with E-state index in [4.69, 9.17) is 4.74 Å². The maximum absolute atomic E-state index is 12.0. The van der Waals surface area contributed by atoms with Crippen LogP contribution in [0, 0.1) is 23.7 Å². The van der Waals surface area contributed by atoms with E-state index in [9.17, 15) is 4.79 Å². The number of carbonyl (C=O) groups is 1. The van der Waals surface area contributed by atoms with Gasteiger partial charge in [-0.05, 0) is 18.3 Å². The van der Waals surface area contributed by atoms with Gasteiger partial charge >= 0.3 is 0 Å². The Morgan fingerprint density at radius 1 is 0.938 bits per heavy atom. The Kier molecular flexibility index (Phi) is 7.65. The zero-order valence-electron chi connectivity index (χ0n) is 11.7. The molecule has 0 amide bonds. The summed E-state index contributed by atoms with van der Waals surface area (Å²) in [4.78, 5) is 12.0. The van der Waals surface area contributed by atoms with Gasteiger partial charge < -0.3 is 4.74 Å². The molecule has 0 saturated carbocycles. The fourth-order valence-electron chi connectivity index (χ4n) is 1.75. The number of rotatable bonds is 8. The lowest BCUT2D eigenvalue weighted by atomic mass is 9.89. The minimum atomic E-state index is 0.0822. The van der Waals surface area contributed by atoms with Crippen LogP contribution in [0.4, 0.5) is 0 Å². The first-order chi connectivity index (χ1) is 7.34. The van der Waals surface area contributed by atoms with Crippen LogP contribution < -0.4 is 0 Å². The highest BCUT2D eigenvalue weighted by atomic mass is 16.5. The second-order valence-corrected chi connectivity index (χ2v) is 5.81. The van der Waals surface area contributed by atoms with Crippen LogP contribution in [0.3, 0.4) is 0 Å². The van der Waals surface area contributed by atoms with Gasteiger partial charge in [0.05, 0.1) is 6.61 Å². The third-order valence-electron chi connectivity index (χ3n) is 2.50. The molecular formula is C14H28O2. The first-order valence-corrected chi connectivity index (χ1v) is 6.46. The number of ether oxygens (including phenoxy) is 1.